The Kier molecular flexibility index (Phi) is 4.90. The van der Waals surface area contributed by atoms with Crippen molar-refractivity contribution in [3.63, 3.8) is 0 Å². The predicted octanol–water partition coefficient (Wildman–Crippen LogP) is 0.220. The van der Waals surface area contributed by atoms with E-state index < -0.39 is 0 Å². The van der Waals surface area contributed by atoms with Crippen molar-refractivity contribution in [2.24, 2.45) is 11.7 Å². The lowest BCUT2D eigenvalue weighted by Crippen LogP contribution is -2.38. The van der Waals surface area contributed by atoms with Crippen LogP contribution in [0.15, 0.2) is 0 Å². The highest BCUT2D eigenvalue weighted by molar-refractivity contribution is 5.75. The average molecular weight is 200 g/mol. The molecule has 0 spiro atoms. The van der Waals surface area contributed by atoms with Crippen LogP contribution < -0.4 is 5.73 Å². The third-order valence-electron chi connectivity index (χ3n) is 2.68. The molecule has 1 saturated heterocycles. The number of hydrogen-bond acceptors (Lipinski definition) is 3. The summed E-state index contributed by atoms with van der Waals surface area (Å²) in [4.78, 5) is 12.9. The number of amides is 1. The third kappa shape index (κ3) is 4.07. The largest absolute Gasteiger partial charge is 0.381 e. The normalized spacial score (nSPS) is 18.7. The Hall–Kier alpha value is -0.610. The van der Waals surface area contributed by atoms with Gasteiger partial charge in [-0.05, 0) is 25.3 Å². The zero-order valence-electron chi connectivity index (χ0n) is 8.87. The Labute approximate surface area is 85.4 Å². The molecule has 0 unspecified atom stereocenters. The van der Waals surface area contributed by atoms with Crippen molar-refractivity contribution in [2.75, 3.05) is 32.8 Å². The van der Waals surface area contributed by atoms with Crippen LogP contribution in [0.2, 0.25) is 0 Å². The summed E-state index contributed by atoms with van der Waals surface area (Å²) in [7, 11) is 0. The summed E-state index contributed by atoms with van der Waals surface area (Å²) < 4.78 is 5.29. The van der Waals surface area contributed by atoms with E-state index >= 15 is 0 Å². The van der Waals surface area contributed by atoms with E-state index in [1.165, 1.54) is 0 Å². The molecular formula is C10H20N2O2. The van der Waals surface area contributed by atoms with Crippen LogP contribution in [-0.2, 0) is 9.53 Å². The quantitative estimate of drug-likeness (QED) is 0.690. The second-order valence-corrected chi connectivity index (χ2v) is 3.85. The number of likely N-dealkylation sites (N-methyl/N-ethyl adjacent to an activating group) is 1. The lowest BCUT2D eigenvalue weighted by atomic mass is 10.00. The van der Waals surface area contributed by atoms with E-state index in [1.54, 1.807) is 0 Å². The molecule has 1 heterocycles. The fraction of sp³-hybridized carbons (Fsp3) is 0.900. The maximum absolute atomic E-state index is 10.8. The highest BCUT2D eigenvalue weighted by Gasteiger charge is 2.17. The molecule has 1 fully saturated rings. The lowest BCUT2D eigenvalue weighted by molar-refractivity contribution is -0.119. The molecule has 1 aliphatic heterocycles. The van der Waals surface area contributed by atoms with Crippen LogP contribution in [0.25, 0.3) is 0 Å². The first-order valence-electron chi connectivity index (χ1n) is 5.30. The molecule has 0 bridgehead atoms. The van der Waals surface area contributed by atoms with E-state index in [2.05, 4.69) is 11.8 Å². The summed E-state index contributed by atoms with van der Waals surface area (Å²) in [5.41, 5.74) is 5.17. The van der Waals surface area contributed by atoms with Crippen LogP contribution in [0.1, 0.15) is 19.8 Å². The topological polar surface area (TPSA) is 55.6 Å². The number of hydrogen-bond donors (Lipinski definition) is 1. The van der Waals surface area contributed by atoms with E-state index in [4.69, 9.17) is 10.5 Å². The molecule has 2 N–H and O–H groups in total. The number of ether oxygens (including phenoxy) is 1. The monoisotopic (exact) mass is 200 g/mol. The Morgan fingerprint density at radius 2 is 2.14 bits per heavy atom. The van der Waals surface area contributed by atoms with Gasteiger partial charge in [-0.2, -0.15) is 0 Å². The summed E-state index contributed by atoms with van der Waals surface area (Å²) in [6.45, 7) is 6.02. The van der Waals surface area contributed by atoms with Crippen LogP contribution in [0.5, 0.6) is 0 Å². The second kappa shape index (κ2) is 5.98. The van der Waals surface area contributed by atoms with Gasteiger partial charge in [0.25, 0.3) is 0 Å². The zero-order chi connectivity index (χ0) is 10.4. The number of carbonyl (C=O) groups is 1. The van der Waals surface area contributed by atoms with Crippen molar-refractivity contribution >= 4 is 5.91 Å². The van der Waals surface area contributed by atoms with Crippen LogP contribution in [0, 0.1) is 5.92 Å². The van der Waals surface area contributed by atoms with Crippen LogP contribution in [0.3, 0.4) is 0 Å². The molecule has 4 nitrogen and oxygen atoms in total. The van der Waals surface area contributed by atoms with Crippen molar-refractivity contribution in [2.45, 2.75) is 19.8 Å². The molecule has 1 amide bonds. The van der Waals surface area contributed by atoms with Gasteiger partial charge >= 0.3 is 0 Å². The lowest BCUT2D eigenvalue weighted by Gasteiger charge is -2.28. The molecule has 0 aromatic rings. The molecule has 0 aliphatic carbocycles. The van der Waals surface area contributed by atoms with E-state index in [0.717, 1.165) is 39.1 Å². The molecule has 4 heteroatoms. The summed E-state index contributed by atoms with van der Waals surface area (Å²) in [6.07, 6.45) is 2.21. The van der Waals surface area contributed by atoms with E-state index in [-0.39, 0.29) is 5.91 Å². The molecular weight excluding hydrogens is 180 g/mol. The number of carbonyl (C=O) groups excluding carboxylic acids is 1. The molecule has 0 atom stereocenters. The van der Waals surface area contributed by atoms with Crippen molar-refractivity contribution in [1.82, 2.24) is 4.90 Å². The zero-order valence-corrected chi connectivity index (χ0v) is 8.87. The first kappa shape index (κ1) is 11.5. The maximum Gasteiger partial charge on any atom is 0.231 e. The highest BCUT2D eigenvalue weighted by atomic mass is 16.5. The summed E-state index contributed by atoms with van der Waals surface area (Å²) >= 11 is 0. The molecule has 0 saturated carbocycles. The van der Waals surface area contributed by atoms with Crippen molar-refractivity contribution in [3.05, 3.63) is 0 Å². The minimum absolute atomic E-state index is 0.237. The van der Waals surface area contributed by atoms with E-state index in [9.17, 15) is 4.79 Å². The number of primary amides is 1. The van der Waals surface area contributed by atoms with Crippen molar-refractivity contribution < 1.29 is 9.53 Å². The minimum atomic E-state index is -0.237. The SMILES string of the molecule is CCN(CC(N)=O)CC1CCOCC1. The molecule has 1 rings (SSSR count). The van der Waals surface area contributed by atoms with Gasteiger partial charge in [0, 0.05) is 19.8 Å². The van der Waals surface area contributed by atoms with Gasteiger partial charge in [-0.3, -0.25) is 9.69 Å². The Bertz CT molecular complexity index is 179. The van der Waals surface area contributed by atoms with Gasteiger partial charge in [-0.15, -0.1) is 0 Å². The third-order valence-corrected chi connectivity index (χ3v) is 2.68. The van der Waals surface area contributed by atoms with Gasteiger partial charge in [-0.1, -0.05) is 6.92 Å². The summed E-state index contributed by atoms with van der Waals surface area (Å²) in [5.74, 6) is 0.432. The fourth-order valence-electron chi connectivity index (χ4n) is 1.82. The summed E-state index contributed by atoms with van der Waals surface area (Å²) in [5, 5.41) is 0. The smallest absolute Gasteiger partial charge is 0.231 e. The Balaban J connectivity index is 2.27. The number of nitrogens with two attached hydrogens (primary N) is 1. The maximum atomic E-state index is 10.8. The number of nitrogens with zero attached hydrogens (tertiary/aromatic N) is 1. The van der Waals surface area contributed by atoms with E-state index in [0.29, 0.717) is 12.5 Å². The van der Waals surface area contributed by atoms with Crippen LogP contribution in [-0.4, -0.2) is 43.7 Å². The predicted molar refractivity (Wildman–Crippen MR) is 54.9 cm³/mol. The van der Waals surface area contributed by atoms with Crippen molar-refractivity contribution in [3.8, 4) is 0 Å². The molecule has 82 valence electrons. The first-order chi connectivity index (χ1) is 6.72. The average Bonchev–Trinajstić information content (AvgIpc) is 2.17. The van der Waals surface area contributed by atoms with Gasteiger partial charge in [-0.25, -0.2) is 0 Å². The van der Waals surface area contributed by atoms with Crippen LogP contribution in [0.4, 0.5) is 0 Å². The van der Waals surface area contributed by atoms with Crippen LogP contribution >= 0.6 is 0 Å². The number of rotatable bonds is 5. The molecule has 0 aromatic carbocycles. The van der Waals surface area contributed by atoms with Gasteiger partial charge in [0.15, 0.2) is 0 Å². The Morgan fingerprint density at radius 1 is 1.50 bits per heavy atom. The van der Waals surface area contributed by atoms with Gasteiger partial charge in [0.2, 0.25) is 5.91 Å². The van der Waals surface area contributed by atoms with Gasteiger partial charge in [0.05, 0.1) is 6.54 Å². The minimum Gasteiger partial charge on any atom is -0.381 e. The molecule has 14 heavy (non-hydrogen) atoms. The Morgan fingerprint density at radius 3 is 2.64 bits per heavy atom. The van der Waals surface area contributed by atoms with Gasteiger partial charge in [0.1, 0.15) is 0 Å². The highest BCUT2D eigenvalue weighted by Crippen LogP contribution is 2.15. The standard InChI is InChI=1S/C10H20N2O2/c1-2-12(8-10(11)13)7-9-3-5-14-6-4-9/h9H,2-8H2,1H3,(H2,11,13). The summed E-state index contributed by atoms with van der Waals surface area (Å²) in [6, 6.07) is 0. The molecule has 1 aliphatic rings. The molecule has 0 aromatic heterocycles. The van der Waals surface area contributed by atoms with E-state index in [1.807, 2.05) is 0 Å². The molecule has 0 radical (unpaired) electrons. The second-order valence-electron chi connectivity index (χ2n) is 3.85. The van der Waals surface area contributed by atoms with Gasteiger partial charge < -0.3 is 10.5 Å². The fourth-order valence-corrected chi connectivity index (χ4v) is 1.82. The first-order valence-corrected chi connectivity index (χ1v) is 5.30. The van der Waals surface area contributed by atoms with Crippen molar-refractivity contribution in [1.29, 1.82) is 0 Å².